The number of aliphatic hydroxyl groups is 1. The van der Waals surface area contributed by atoms with Gasteiger partial charge in [-0.2, -0.15) is 0 Å². The van der Waals surface area contributed by atoms with Crippen LogP contribution in [-0.2, 0) is 16.1 Å². The second-order valence-electron chi connectivity index (χ2n) is 4.26. The van der Waals surface area contributed by atoms with Crippen LogP contribution in [-0.4, -0.2) is 17.2 Å². The summed E-state index contributed by atoms with van der Waals surface area (Å²) in [4.78, 5) is 11.4. The number of benzene rings is 1. The van der Waals surface area contributed by atoms with Crippen molar-refractivity contribution in [2.75, 3.05) is 0 Å². The topological polar surface area (TPSA) is 46.5 Å². The molecule has 0 amide bonds. The molecule has 1 aliphatic rings. The minimum absolute atomic E-state index is 0.114. The van der Waals surface area contributed by atoms with Crippen molar-refractivity contribution in [3.8, 4) is 0 Å². The van der Waals surface area contributed by atoms with Crippen LogP contribution in [0.3, 0.4) is 0 Å². The van der Waals surface area contributed by atoms with Gasteiger partial charge in [-0.3, -0.25) is 4.79 Å². The molecule has 0 saturated heterocycles. The maximum Gasteiger partial charge on any atom is 0.306 e. The van der Waals surface area contributed by atoms with Crippen molar-refractivity contribution in [1.82, 2.24) is 0 Å². The fraction of sp³-hybridized carbons (Fsp3) is 0.462. The standard InChI is InChI=1S/C13H16O3/c14-12-7-6-11(12)8-13(15)16-9-10-4-2-1-3-5-10/h1-5,11-12,14H,6-9H2. The number of esters is 1. The number of hydrogen-bond donors (Lipinski definition) is 1. The number of hydrogen-bond acceptors (Lipinski definition) is 3. The fourth-order valence-corrected chi connectivity index (χ4v) is 1.80. The Balaban J connectivity index is 1.72. The van der Waals surface area contributed by atoms with Gasteiger partial charge in [-0.15, -0.1) is 0 Å². The van der Waals surface area contributed by atoms with E-state index in [0.717, 1.165) is 18.4 Å². The van der Waals surface area contributed by atoms with Crippen molar-refractivity contribution >= 4 is 5.97 Å². The maximum absolute atomic E-state index is 11.4. The summed E-state index contributed by atoms with van der Waals surface area (Å²) in [5, 5.41) is 9.33. The molecule has 86 valence electrons. The van der Waals surface area contributed by atoms with Crippen molar-refractivity contribution in [3.63, 3.8) is 0 Å². The Hall–Kier alpha value is -1.35. The van der Waals surface area contributed by atoms with Gasteiger partial charge in [0.1, 0.15) is 6.61 Å². The van der Waals surface area contributed by atoms with Gasteiger partial charge in [0.2, 0.25) is 0 Å². The minimum atomic E-state index is -0.302. The number of carbonyl (C=O) groups excluding carboxylic acids is 1. The lowest BCUT2D eigenvalue weighted by Gasteiger charge is -2.31. The van der Waals surface area contributed by atoms with Crippen LogP contribution in [0.15, 0.2) is 30.3 Å². The Morgan fingerprint density at radius 2 is 2.06 bits per heavy atom. The lowest BCUT2D eigenvalue weighted by Crippen LogP contribution is -2.33. The monoisotopic (exact) mass is 220 g/mol. The third kappa shape index (κ3) is 2.83. The van der Waals surface area contributed by atoms with Gasteiger partial charge in [0, 0.05) is 0 Å². The van der Waals surface area contributed by atoms with Crippen LogP contribution in [0.25, 0.3) is 0 Å². The molecule has 3 heteroatoms. The Bertz CT molecular complexity index is 347. The second kappa shape index (κ2) is 5.12. The molecule has 1 aromatic rings. The number of aliphatic hydroxyl groups excluding tert-OH is 1. The highest BCUT2D eigenvalue weighted by molar-refractivity contribution is 5.69. The van der Waals surface area contributed by atoms with E-state index in [0.29, 0.717) is 13.0 Å². The first-order valence-electron chi connectivity index (χ1n) is 5.63. The molecule has 0 spiro atoms. The molecule has 2 atom stereocenters. The largest absolute Gasteiger partial charge is 0.461 e. The number of ether oxygens (including phenoxy) is 1. The van der Waals surface area contributed by atoms with Crippen LogP contribution in [0.1, 0.15) is 24.8 Å². The summed E-state index contributed by atoms with van der Waals surface area (Å²) < 4.78 is 5.13. The van der Waals surface area contributed by atoms with Gasteiger partial charge in [0.25, 0.3) is 0 Å². The summed E-state index contributed by atoms with van der Waals surface area (Å²) in [6, 6.07) is 9.60. The van der Waals surface area contributed by atoms with Crippen LogP contribution >= 0.6 is 0 Å². The first-order valence-corrected chi connectivity index (χ1v) is 5.63. The molecule has 0 aliphatic heterocycles. The summed E-state index contributed by atoms with van der Waals surface area (Å²) in [5.41, 5.74) is 0.991. The van der Waals surface area contributed by atoms with E-state index in [1.165, 1.54) is 0 Å². The molecule has 2 unspecified atom stereocenters. The summed E-state index contributed by atoms with van der Waals surface area (Å²) >= 11 is 0. The van der Waals surface area contributed by atoms with Gasteiger partial charge in [-0.05, 0) is 24.3 Å². The Labute approximate surface area is 95.0 Å². The fourth-order valence-electron chi connectivity index (χ4n) is 1.80. The first kappa shape index (κ1) is 11.1. The third-order valence-corrected chi connectivity index (χ3v) is 3.05. The van der Waals surface area contributed by atoms with Gasteiger partial charge in [0.15, 0.2) is 0 Å². The molecule has 0 heterocycles. The highest BCUT2D eigenvalue weighted by atomic mass is 16.5. The van der Waals surface area contributed by atoms with E-state index in [4.69, 9.17) is 4.74 Å². The predicted molar refractivity (Wildman–Crippen MR) is 59.6 cm³/mol. The van der Waals surface area contributed by atoms with Crippen molar-refractivity contribution in [2.24, 2.45) is 5.92 Å². The van der Waals surface area contributed by atoms with Crippen LogP contribution in [0.4, 0.5) is 0 Å². The SMILES string of the molecule is O=C(CC1CCC1O)OCc1ccccc1. The molecule has 1 aliphatic carbocycles. The molecular weight excluding hydrogens is 204 g/mol. The lowest BCUT2D eigenvalue weighted by atomic mass is 9.80. The van der Waals surface area contributed by atoms with Crippen LogP contribution in [0.5, 0.6) is 0 Å². The maximum atomic E-state index is 11.4. The summed E-state index contributed by atoms with van der Waals surface area (Å²) in [6.07, 6.45) is 1.79. The summed E-state index contributed by atoms with van der Waals surface area (Å²) in [5.74, 6) is -0.101. The molecule has 0 aromatic heterocycles. The van der Waals surface area contributed by atoms with Gasteiger partial charge in [-0.1, -0.05) is 30.3 Å². The third-order valence-electron chi connectivity index (χ3n) is 3.05. The first-order chi connectivity index (χ1) is 7.75. The zero-order valence-electron chi connectivity index (χ0n) is 9.13. The molecule has 0 radical (unpaired) electrons. The van der Waals surface area contributed by atoms with Crippen molar-refractivity contribution < 1.29 is 14.6 Å². The average Bonchev–Trinajstić information content (AvgIpc) is 2.33. The van der Waals surface area contributed by atoms with E-state index in [1.807, 2.05) is 30.3 Å². The Kier molecular flexibility index (Phi) is 3.57. The van der Waals surface area contributed by atoms with Gasteiger partial charge in [0.05, 0.1) is 12.5 Å². The zero-order valence-corrected chi connectivity index (χ0v) is 9.13. The molecule has 1 fully saturated rings. The highest BCUT2D eigenvalue weighted by Crippen LogP contribution is 2.30. The predicted octanol–water partition coefficient (Wildman–Crippen LogP) is 1.89. The summed E-state index contributed by atoms with van der Waals surface area (Å²) in [7, 11) is 0. The molecule has 2 rings (SSSR count). The Morgan fingerprint density at radius 3 is 2.62 bits per heavy atom. The Morgan fingerprint density at radius 1 is 1.31 bits per heavy atom. The smallest absolute Gasteiger partial charge is 0.306 e. The van der Waals surface area contributed by atoms with Crippen molar-refractivity contribution in [3.05, 3.63) is 35.9 Å². The molecule has 1 saturated carbocycles. The van der Waals surface area contributed by atoms with E-state index in [9.17, 15) is 9.90 Å². The molecular formula is C13H16O3. The average molecular weight is 220 g/mol. The lowest BCUT2D eigenvalue weighted by molar-refractivity contribution is -0.148. The van der Waals surface area contributed by atoms with Gasteiger partial charge in [-0.25, -0.2) is 0 Å². The van der Waals surface area contributed by atoms with E-state index < -0.39 is 0 Å². The van der Waals surface area contributed by atoms with Gasteiger partial charge < -0.3 is 9.84 Å². The highest BCUT2D eigenvalue weighted by Gasteiger charge is 2.31. The molecule has 16 heavy (non-hydrogen) atoms. The molecule has 0 bridgehead atoms. The van der Waals surface area contributed by atoms with E-state index in [2.05, 4.69) is 0 Å². The molecule has 1 N–H and O–H groups in total. The number of rotatable bonds is 4. The quantitative estimate of drug-likeness (QED) is 0.788. The second-order valence-corrected chi connectivity index (χ2v) is 4.26. The van der Waals surface area contributed by atoms with Crippen molar-refractivity contribution in [2.45, 2.75) is 32.0 Å². The van der Waals surface area contributed by atoms with Gasteiger partial charge >= 0.3 is 5.97 Å². The van der Waals surface area contributed by atoms with Crippen LogP contribution < -0.4 is 0 Å². The zero-order chi connectivity index (χ0) is 11.4. The van der Waals surface area contributed by atoms with E-state index in [-0.39, 0.29) is 18.0 Å². The molecule has 3 nitrogen and oxygen atoms in total. The van der Waals surface area contributed by atoms with Crippen molar-refractivity contribution in [1.29, 1.82) is 0 Å². The van der Waals surface area contributed by atoms with Crippen LogP contribution in [0.2, 0.25) is 0 Å². The number of carbonyl (C=O) groups is 1. The normalized spacial score (nSPS) is 23.6. The van der Waals surface area contributed by atoms with E-state index in [1.54, 1.807) is 0 Å². The van der Waals surface area contributed by atoms with E-state index >= 15 is 0 Å². The van der Waals surface area contributed by atoms with Crippen LogP contribution in [0, 0.1) is 5.92 Å². The summed E-state index contributed by atoms with van der Waals surface area (Å²) in [6.45, 7) is 0.322. The molecule has 1 aromatic carbocycles. The minimum Gasteiger partial charge on any atom is -0.461 e.